The smallest absolute Gasteiger partial charge is 0.263 e. The minimum absolute atomic E-state index is 0.121. The number of sulfone groups is 1. The van der Waals surface area contributed by atoms with Gasteiger partial charge in [-0.2, -0.15) is 5.10 Å². The molecule has 0 fully saturated rings. The van der Waals surface area contributed by atoms with Gasteiger partial charge in [-0.1, -0.05) is 48.5 Å². The predicted octanol–water partition coefficient (Wildman–Crippen LogP) is 1.86. The van der Waals surface area contributed by atoms with Crippen LogP contribution < -0.4 is 5.43 Å². The van der Waals surface area contributed by atoms with Crippen molar-refractivity contribution in [3.63, 3.8) is 0 Å². The van der Waals surface area contributed by atoms with E-state index in [2.05, 4.69) is 15.5 Å². The second kappa shape index (κ2) is 7.04. The maximum absolute atomic E-state index is 12.9. The average molecular weight is 372 g/mol. The summed E-state index contributed by atoms with van der Waals surface area (Å²) in [6.45, 7) is 1.51. The van der Waals surface area contributed by atoms with E-state index >= 15 is 0 Å². The molecular formula is C17H16N4O4S. The SMILES string of the molecule is CC1=NNC(c2ccccc2)=NC1C([N+](=O)[O-])S(=O)(=O)c1ccccc1. The lowest BCUT2D eigenvalue weighted by Gasteiger charge is -2.22. The Balaban J connectivity index is 2.07. The van der Waals surface area contributed by atoms with Crippen molar-refractivity contribution in [2.45, 2.75) is 23.2 Å². The number of benzene rings is 2. The Morgan fingerprint density at radius 2 is 1.65 bits per heavy atom. The van der Waals surface area contributed by atoms with Crippen LogP contribution in [0.25, 0.3) is 0 Å². The standard InChI is InChI=1S/C17H16N4O4S/c1-12-15(18-16(20-19-12)13-8-4-2-5-9-13)17(21(22)23)26(24,25)14-10-6-3-7-11-14/h2-11,15,17H,1H3,(H,18,20). The van der Waals surface area contributed by atoms with Gasteiger partial charge in [0.1, 0.15) is 5.84 Å². The summed E-state index contributed by atoms with van der Waals surface area (Å²) < 4.78 is 25.8. The lowest BCUT2D eigenvalue weighted by Crippen LogP contribution is -2.47. The molecule has 0 saturated heterocycles. The van der Waals surface area contributed by atoms with Crippen LogP contribution in [-0.2, 0) is 9.84 Å². The topological polar surface area (TPSA) is 114 Å². The zero-order chi connectivity index (χ0) is 18.7. The number of nitro groups is 1. The van der Waals surface area contributed by atoms with Gasteiger partial charge in [-0.05, 0) is 19.1 Å². The highest BCUT2D eigenvalue weighted by Gasteiger charge is 2.47. The third kappa shape index (κ3) is 3.33. The Bertz CT molecular complexity index is 972. The molecular weight excluding hydrogens is 356 g/mol. The van der Waals surface area contributed by atoms with Crippen LogP contribution in [-0.4, -0.2) is 36.3 Å². The van der Waals surface area contributed by atoms with Crippen molar-refractivity contribution in [2.24, 2.45) is 10.1 Å². The maximum Gasteiger partial charge on any atom is 0.341 e. The van der Waals surface area contributed by atoms with E-state index in [0.717, 1.165) is 0 Å². The quantitative estimate of drug-likeness (QED) is 0.635. The second-order valence-electron chi connectivity index (χ2n) is 5.69. The van der Waals surface area contributed by atoms with E-state index in [1.54, 1.807) is 30.3 Å². The van der Waals surface area contributed by atoms with E-state index in [0.29, 0.717) is 5.56 Å². The number of hydrogen-bond acceptors (Lipinski definition) is 7. The molecule has 8 nitrogen and oxygen atoms in total. The molecule has 0 amide bonds. The van der Waals surface area contributed by atoms with Gasteiger partial charge in [0.05, 0.1) is 10.6 Å². The van der Waals surface area contributed by atoms with Gasteiger partial charge in [0.25, 0.3) is 0 Å². The van der Waals surface area contributed by atoms with Crippen molar-refractivity contribution in [1.82, 2.24) is 5.43 Å². The Morgan fingerprint density at radius 3 is 2.23 bits per heavy atom. The highest BCUT2D eigenvalue weighted by atomic mass is 32.2. The molecule has 1 N–H and O–H groups in total. The lowest BCUT2D eigenvalue weighted by molar-refractivity contribution is -0.497. The summed E-state index contributed by atoms with van der Waals surface area (Å²) in [4.78, 5) is 15.1. The minimum atomic E-state index is -4.25. The summed E-state index contributed by atoms with van der Waals surface area (Å²) in [5.41, 5.74) is 3.61. The van der Waals surface area contributed by atoms with Crippen molar-refractivity contribution in [3.05, 3.63) is 76.3 Å². The molecule has 0 aliphatic carbocycles. The van der Waals surface area contributed by atoms with Gasteiger partial charge < -0.3 is 0 Å². The molecule has 2 aromatic rings. The molecule has 3 rings (SSSR count). The molecule has 0 saturated carbocycles. The molecule has 26 heavy (non-hydrogen) atoms. The number of amidine groups is 1. The van der Waals surface area contributed by atoms with Crippen LogP contribution in [0.5, 0.6) is 0 Å². The van der Waals surface area contributed by atoms with Crippen molar-refractivity contribution in [2.75, 3.05) is 0 Å². The monoisotopic (exact) mass is 372 g/mol. The van der Waals surface area contributed by atoms with E-state index in [-0.39, 0.29) is 16.4 Å². The molecule has 1 aliphatic rings. The molecule has 2 atom stereocenters. The Hall–Kier alpha value is -3.07. The van der Waals surface area contributed by atoms with E-state index in [1.165, 1.54) is 31.2 Å². The van der Waals surface area contributed by atoms with Crippen LogP contribution >= 0.6 is 0 Å². The first-order chi connectivity index (χ1) is 12.4. The zero-order valence-corrected chi connectivity index (χ0v) is 14.6. The number of hydrogen-bond donors (Lipinski definition) is 1. The first kappa shape index (κ1) is 17.7. The third-order valence-electron chi connectivity index (χ3n) is 3.95. The second-order valence-corrected chi connectivity index (χ2v) is 7.73. The Labute approximate surface area is 150 Å². The fraction of sp³-hybridized carbons (Fsp3) is 0.176. The van der Waals surface area contributed by atoms with Crippen LogP contribution in [0.2, 0.25) is 0 Å². The zero-order valence-electron chi connectivity index (χ0n) is 13.8. The van der Waals surface area contributed by atoms with E-state index in [1.807, 2.05) is 6.07 Å². The largest absolute Gasteiger partial charge is 0.341 e. The van der Waals surface area contributed by atoms with Crippen LogP contribution in [0.4, 0.5) is 0 Å². The lowest BCUT2D eigenvalue weighted by atomic mass is 10.1. The Morgan fingerprint density at radius 1 is 1.08 bits per heavy atom. The minimum Gasteiger partial charge on any atom is -0.263 e. The van der Waals surface area contributed by atoms with Gasteiger partial charge in [-0.25, -0.2) is 13.4 Å². The van der Waals surface area contributed by atoms with Crippen LogP contribution in [0.3, 0.4) is 0 Å². The number of nitrogens with zero attached hydrogens (tertiary/aromatic N) is 3. The van der Waals surface area contributed by atoms with Crippen molar-refractivity contribution in [3.8, 4) is 0 Å². The van der Waals surface area contributed by atoms with E-state index in [4.69, 9.17) is 0 Å². The van der Waals surface area contributed by atoms with E-state index < -0.39 is 26.2 Å². The predicted molar refractivity (Wildman–Crippen MR) is 97.4 cm³/mol. The molecule has 0 radical (unpaired) electrons. The first-order valence-electron chi connectivity index (χ1n) is 7.77. The van der Waals surface area contributed by atoms with Crippen LogP contribution in [0.15, 0.2) is 75.7 Å². The summed E-state index contributed by atoms with van der Waals surface area (Å²) in [6.07, 6.45) is 0. The van der Waals surface area contributed by atoms with Gasteiger partial charge in [0.15, 0.2) is 6.04 Å². The van der Waals surface area contributed by atoms with Crippen LogP contribution in [0.1, 0.15) is 12.5 Å². The average Bonchev–Trinajstić information content (AvgIpc) is 2.64. The fourth-order valence-electron chi connectivity index (χ4n) is 2.62. The highest BCUT2D eigenvalue weighted by Crippen LogP contribution is 2.23. The molecule has 1 aliphatic heterocycles. The fourth-order valence-corrected chi connectivity index (χ4v) is 4.26. The summed E-state index contributed by atoms with van der Waals surface area (Å²) in [5, 5.41) is 13.8. The summed E-state index contributed by atoms with van der Waals surface area (Å²) >= 11 is 0. The van der Waals surface area contributed by atoms with Gasteiger partial charge in [0.2, 0.25) is 9.84 Å². The number of aliphatic imine (C=N–C) groups is 1. The molecule has 2 unspecified atom stereocenters. The van der Waals surface area contributed by atoms with Gasteiger partial charge in [-0.3, -0.25) is 15.5 Å². The summed E-state index contributed by atoms with van der Waals surface area (Å²) in [6, 6.07) is 15.0. The van der Waals surface area contributed by atoms with Gasteiger partial charge in [-0.15, -0.1) is 0 Å². The summed E-state index contributed by atoms with van der Waals surface area (Å²) in [5.74, 6) is 0.288. The van der Waals surface area contributed by atoms with Gasteiger partial charge in [0, 0.05) is 10.5 Å². The van der Waals surface area contributed by atoms with Crippen LogP contribution in [0, 0.1) is 10.1 Å². The number of hydrazone groups is 1. The maximum atomic E-state index is 12.9. The summed E-state index contributed by atoms with van der Waals surface area (Å²) in [7, 11) is -4.25. The molecule has 0 aromatic heterocycles. The number of rotatable bonds is 5. The first-order valence-corrected chi connectivity index (χ1v) is 9.32. The highest BCUT2D eigenvalue weighted by molar-refractivity contribution is 7.92. The number of nitrogens with one attached hydrogen (secondary N) is 1. The third-order valence-corrected chi connectivity index (χ3v) is 5.94. The van der Waals surface area contributed by atoms with E-state index in [9.17, 15) is 18.5 Å². The normalized spacial score (nSPS) is 18.3. The molecule has 0 bridgehead atoms. The van der Waals surface area contributed by atoms with Crippen molar-refractivity contribution in [1.29, 1.82) is 0 Å². The molecule has 1 heterocycles. The Kier molecular flexibility index (Phi) is 4.81. The van der Waals surface area contributed by atoms with Gasteiger partial charge >= 0.3 is 5.37 Å². The van der Waals surface area contributed by atoms with Crippen molar-refractivity contribution >= 4 is 21.4 Å². The molecule has 134 valence electrons. The molecule has 9 heteroatoms. The molecule has 0 spiro atoms. The molecule has 2 aromatic carbocycles. The van der Waals surface area contributed by atoms with Crippen molar-refractivity contribution < 1.29 is 13.3 Å².